The second-order valence-corrected chi connectivity index (χ2v) is 6.66. The third kappa shape index (κ3) is 5.55. The Balaban J connectivity index is 1.57. The van der Waals surface area contributed by atoms with Crippen LogP contribution in [-0.4, -0.2) is 24.4 Å². The van der Waals surface area contributed by atoms with E-state index in [1.54, 1.807) is 18.2 Å². The van der Waals surface area contributed by atoms with Crippen LogP contribution in [0.2, 0.25) is 0 Å². The maximum atomic E-state index is 12.4. The van der Waals surface area contributed by atoms with E-state index in [0.717, 1.165) is 10.0 Å². The Morgan fingerprint density at radius 3 is 2.48 bits per heavy atom. The number of para-hydroxylation sites is 1. The Kier molecular flexibility index (Phi) is 6.80. The number of rotatable bonds is 7. The van der Waals surface area contributed by atoms with Gasteiger partial charge in [-0.05, 0) is 30.3 Å². The van der Waals surface area contributed by atoms with Crippen LogP contribution in [0.3, 0.4) is 0 Å². The van der Waals surface area contributed by atoms with E-state index in [4.69, 9.17) is 13.9 Å². The molecule has 0 aliphatic rings. The normalized spacial score (nSPS) is 10.2. The van der Waals surface area contributed by atoms with Crippen molar-refractivity contribution in [2.75, 3.05) is 6.61 Å². The van der Waals surface area contributed by atoms with Gasteiger partial charge >= 0.3 is 5.97 Å². The number of imide groups is 1. The maximum Gasteiger partial charge on any atom is 0.342 e. The number of amides is 2. The fourth-order valence-corrected chi connectivity index (χ4v) is 2.77. The van der Waals surface area contributed by atoms with Crippen molar-refractivity contribution in [1.82, 2.24) is 5.32 Å². The van der Waals surface area contributed by atoms with E-state index in [0.29, 0.717) is 5.75 Å². The van der Waals surface area contributed by atoms with E-state index >= 15 is 0 Å². The molecule has 3 rings (SSSR count). The monoisotopic (exact) mass is 457 g/mol. The third-order valence-corrected chi connectivity index (χ3v) is 4.55. The van der Waals surface area contributed by atoms with Gasteiger partial charge in [0.25, 0.3) is 11.8 Å². The number of hydrogen-bond donors (Lipinski definition) is 1. The first-order valence-electron chi connectivity index (χ1n) is 8.54. The summed E-state index contributed by atoms with van der Waals surface area (Å²) in [6.07, 6.45) is 1.31. The van der Waals surface area contributed by atoms with Gasteiger partial charge in [-0.3, -0.25) is 14.9 Å². The number of benzene rings is 2. The van der Waals surface area contributed by atoms with Gasteiger partial charge < -0.3 is 13.9 Å². The number of carbonyl (C=O) groups excluding carboxylic acids is 3. The number of hydrogen-bond acceptors (Lipinski definition) is 6. The largest absolute Gasteiger partial charge is 0.488 e. The highest BCUT2D eigenvalue weighted by Crippen LogP contribution is 2.22. The van der Waals surface area contributed by atoms with Crippen LogP contribution in [-0.2, 0) is 16.1 Å². The summed E-state index contributed by atoms with van der Waals surface area (Å²) < 4.78 is 16.5. The zero-order valence-electron chi connectivity index (χ0n) is 15.1. The van der Waals surface area contributed by atoms with Gasteiger partial charge in [-0.2, -0.15) is 0 Å². The Morgan fingerprint density at radius 2 is 1.72 bits per heavy atom. The van der Waals surface area contributed by atoms with Gasteiger partial charge in [0, 0.05) is 10.0 Å². The molecule has 0 saturated carbocycles. The van der Waals surface area contributed by atoms with Crippen molar-refractivity contribution in [3.8, 4) is 5.75 Å². The predicted octanol–water partition coefficient (Wildman–Crippen LogP) is 3.73. The first kappa shape index (κ1) is 20.3. The van der Waals surface area contributed by atoms with Gasteiger partial charge in [0.15, 0.2) is 12.4 Å². The van der Waals surface area contributed by atoms with Gasteiger partial charge in [0.1, 0.15) is 17.9 Å². The lowest BCUT2D eigenvalue weighted by Crippen LogP contribution is -2.34. The molecule has 0 radical (unpaired) electrons. The number of nitrogens with one attached hydrogen (secondary N) is 1. The Morgan fingerprint density at radius 1 is 0.966 bits per heavy atom. The Labute approximate surface area is 174 Å². The second-order valence-electron chi connectivity index (χ2n) is 5.81. The number of furan rings is 1. The van der Waals surface area contributed by atoms with Gasteiger partial charge in [-0.25, -0.2) is 4.79 Å². The lowest BCUT2D eigenvalue weighted by Gasteiger charge is -2.12. The summed E-state index contributed by atoms with van der Waals surface area (Å²) >= 11 is 3.44. The minimum absolute atomic E-state index is 0.0181. The van der Waals surface area contributed by atoms with Gasteiger partial charge in [0.05, 0.1) is 6.26 Å². The highest BCUT2D eigenvalue weighted by atomic mass is 79.9. The predicted molar refractivity (Wildman–Crippen MR) is 106 cm³/mol. The summed E-state index contributed by atoms with van der Waals surface area (Å²) in [6.45, 7) is -0.381. The molecular formula is C21H16BrNO6. The summed E-state index contributed by atoms with van der Waals surface area (Å²) in [7, 11) is 0. The standard InChI is InChI=1S/C21H16BrNO6/c22-16-8-3-1-6-14(16)12-28-17-9-4-2-7-15(17)21(26)29-13-19(24)23-20(25)18-10-5-11-27-18/h1-11H,12-13H2,(H,23,24,25). The molecule has 0 aliphatic carbocycles. The summed E-state index contributed by atoms with van der Waals surface area (Å²) in [4.78, 5) is 35.9. The van der Waals surface area contributed by atoms with Gasteiger partial charge in [0.2, 0.25) is 0 Å². The van der Waals surface area contributed by atoms with E-state index in [1.165, 1.54) is 24.5 Å². The lowest BCUT2D eigenvalue weighted by molar-refractivity contribution is -0.123. The fourth-order valence-electron chi connectivity index (χ4n) is 2.37. The molecule has 3 aromatic rings. The van der Waals surface area contributed by atoms with Crippen LogP contribution >= 0.6 is 15.9 Å². The molecule has 29 heavy (non-hydrogen) atoms. The Hall–Kier alpha value is -3.39. The smallest absolute Gasteiger partial charge is 0.342 e. The van der Waals surface area contributed by atoms with Crippen molar-refractivity contribution in [2.45, 2.75) is 6.61 Å². The molecule has 0 fully saturated rings. The first-order valence-corrected chi connectivity index (χ1v) is 9.34. The summed E-state index contributed by atoms with van der Waals surface area (Å²) in [5.41, 5.74) is 1.08. The molecule has 148 valence electrons. The molecule has 0 unspecified atom stereocenters. The summed E-state index contributed by atoms with van der Waals surface area (Å²) in [6, 6.07) is 17.0. The van der Waals surface area contributed by atoms with Crippen molar-refractivity contribution in [3.63, 3.8) is 0 Å². The van der Waals surface area contributed by atoms with E-state index in [1.807, 2.05) is 24.3 Å². The van der Waals surface area contributed by atoms with Crippen LogP contribution in [0.5, 0.6) is 5.75 Å². The van der Waals surface area contributed by atoms with Crippen molar-refractivity contribution in [2.24, 2.45) is 0 Å². The average molecular weight is 458 g/mol. The van der Waals surface area contributed by atoms with Crippen LogP contribution in [0.1, 0.15) is 26.5 Å². The van der Waals surface area contributed by atoms with Crippen molar-refractivity contribution in [1.29, 1.82) is 0 Å². The zero-order chi connectivity index (χ0) is 20.6. The number of halogens is 1. The SMILES string of the molecule is O=C(COC(=O)c1ccccc1OCc1ccccc1Br)NC(=O)c1ccco1. The highest BCUT2D eigenvalue weighted by molar-refractivity contribution is 9.10. The van der Waals surface area contributed by atoms with Crippen molar-refractivity contribution in [3.05, 3.63) is 88.3 Å². The summed E-state index contributed by atoms with van der Waals surface area (Å²) in [5.74, 6) is -1.93. The summed E-state index contributed by atoms with van der Waals surface area (Å²) in [5, 5.41) is 2.07. The van der Waals surface area contributed by atoms with Crippen LogP contribution in [0.15, 0.2) is 75.8 Å². The first-order chi connectivity index (χ1) is 14.0. The highest BCUT2D eigenvalue weighted by Gasteiger charge is 2.18. The van der Waals surface area contributed by atoms with Crippen LogP contribution < -0.4 is 10.1 Å². The minimum Gasteiger partial charge on any atom is -0.488 e. The molecule has 0 atom stereocenters. The zero-order valence-corrected chi connectivity index (χ0v) is 16.7. The molecule has 0 aliphatic heterocycles. The van der Waals surface area contributed by atoms with Gasteiger partial charge in [-0.1, -0.05) is 46.3 Å². The van der Waals surface area contributed by atoms with E-state index in [2.05, 4.69) is 21.2 Å². The van der Waals surface area contributed by atoms with E-state index in [9.17, 15) is 14.4 Å². The van der Waals surface area contributed by atoms with E-state index < -0.39 is 24.4 Å². The van der Waals surface area contributed by atoms with Crippen LogP contribution in [0, 0.1) is 0 Å². The topological polar surface area (TPSA) is 94.8 Å². The molecule has 0 spiro atoms. The van der Waals surface area contributed by atoms with Crippen molar-refractivity contribution < 1.29 is 28.3 Å². The molecule has 0 bridgehead atoms. The quantitative estimate of drug-likeness (QED) is 0.543. The minimum atomic E-state index is -0.772. The maximum absolute atomic E-state index is 12.4. The molecule has 7 nitrogen and oxygen atoms in total. The molecular weight excluding hydrogens is 442 g/mol. The average Bonchev–Trinajstić information content (AvgIpc) is 3.27. The number of carbonyl (C=O) groups is 3. The van der Waals surface area contributed by atoms with E-state index in [-0.39, 0.29) is 17.9 Å². The number of esters is 1. The number of ether oxygens (including phenoxy) is 2. The molecule has 2 amide bonds. The van der Waals surface area contributed by atoms with Crippen LogP contribution in [0.25, 0.3) is 0 Å². The molecule has 8 heteroatoms. The van der Waals surface area contributed by atoms with Crippen molar-refractivity contribution >= 4 is 33.7 Å². The molecule has 1 heterocycles. The van der Waals surface area contributed by atoms with Crippen LogP contribution in [0.4, 0.5) is 0 Å². The fraction of sp³-hybridized carbons (Fsp3) is 0.0952. The molecule has 2 aromatic carbocycles. The van der Waals surface area contributed by atoms with Gasteiger partial charge in [-0.15, -0.1) is 0 Å². The molecule has 1 N–H and O–H groups in total. The second kappa shape index (κ2) is 9.70. The lowest BCUT2D eigenvalue weighted by atomic mass is 10.2. The molecule has 1 aromatic heterocycles. The molecule has 0 saturated heterocycles. The third-order valence-electron chi connectivity index (χ3n) is 3.78. The Bertz CT molecular complexity index is 1020.